The van der Waals surface area contributed by atoms with Crippen LogP contribution in [0.5, 0.6) is 0 Å². The molecular formula is C13H19LiO3S. The number of hydrogen-bond acceptors (Lipinski definition) is 3. The summed E-state index contributed by atoms with van der Waals surface area (Å²) in [5, 5.41) is 0. The maximum atomic E-state index is 10.8. The van der Waals surface area contributed by atoms with Crippen LogP contribution in [0.15, 0.2) is 29.2 Å². The first-order chi connectivity index (χ1) is 8.04. The zero-order valence-corrected chi connectivity index (χ0v) is 12.0. The van der Waals surface area contributed by atoms with Crippen molar-refractivity contribution in [2.75, 3.05) is 0 Å². The molecule has 1 aromatic carbocycles. The fourth-order valence-electron chi connectivity index (χ4n) is 1.79. The normalized spacial score (nSPS) is 11.0. The zero-order chi connectivity index (χ0) is 12.7. The minimum atomic E-state index is -4.31. The van der Waals surface area contributed by atoms with Crippen LogP contribution in [-0.4, -0.2) is 13.0 Å². The van der Waals surface area contributed by atoms with Crippen molar-refractivity contribution < 1.29 is 31.8 Å². The zero-order valence-electron chi connectivity index (χ0n) is 11.2. The van der Waals surface area contributed by atoms with E-state index in [4.69, 9.17) is 0 Å². The molecule has 0 aliphatic rings. The van der Waals surface area contributed by atoms with E-state index in [2.05, 4.69) is 6.92 Å². The third-order valence-corrected chi connectivity index (χ3v) is 3.59. The van der Waals surface area contributed by atoms with E-state index in [0.29, 0.717) is 0 Å². The van der Waals surface area contributed by atoms with E-state index in [1.807, 2.05) is 6.07 Å². The average Bonchev–Trinajstić information content (AvgIpc) is 2.28. The third kappa shape index (κ3) is 6.60. The summed E-state index contributed by atoms with van der Waals surface area (Å²) >= 11 is 0. The van der Waals surface area contributed by atoms with Crippen molar-refractivity contribution >= 4 is 10.1 Å². The molecule has 0 spiro atoms. The molecular weight excluding hydrogens is 243 g/mol. The number of unbranched alkanes of at least 4 members (excludes halogenated alkanes) is 4. The van der Waals surface area contributed by atoms with Gasteiger partial charge in [-0.3, -0.25) is 0 Å². The molecule has 5 heteroatoms. The molecule has 1 rings (SSSR count). The number of rotatable bonds is 7. The van der Waals surface area contributed by atoms with E-state index in [0.717, 1.165) is 24.8 Å². The summed E-state index contributed by atoms with van der Waals surface area (Å²) in [5.74, 6) is 0. The summed E-state index contributed by atoms with van der Waals surface area (Å²) in [6.07, 6.45) is 6.71. The van der Waals surface area contributed by atoms with Crippen molar-refractivity contribution in [1.29, 1.82) is 0 Å². The van der Waals surface area contributed by atoms with Crippen LogP contribution < -0.4 is 18.9 Å². The van der Waals surface area contributed by atoms with Gasteiger partial charge in [-0.15, -0.1) is 0 Å². The first-order valence-corrected chi connectivity index (χ1v) is 7.49. The predicted octanol–water partition coefficient (Wildman–Crippen LogP) is 0.108. The van der Waals surface area contributed by atoms with Crippen molar-refractivity contribution in [3.63, 3.8) is 0 Å². The Kier molecular flexibility index (Phi) is 8.63. The Bertz CT molecular complexity index is 443. The molecule has 0 amide bonds. The van der Waals surface area contributed by atoms with Gasteiger partial charge in [0.05, 0.1) is 4.90 Å². The van der Waals surface area contributed by atoms with Crippen molar-refractivity contribution in [2.45, 2.75) is 50.3 Å². The van der Waals surface area contributed by atoms with Crippen LogP contribution in [-0.2, 0) is 16.5 Å². The maximum Gasteiger partial charge on any atom is 1.00 e. The SMILES string of the molecule is CCCCCCCc1cccc(S(=O)(=O)[O-])c1.[Li+]. The molecule has 0 unspecified atom stereocenters. The monoisotopic (exact) mass is 262 g/mol. The van der Waals surface area contributed by atoms with Crippen LogP contribution in [0.3, 0.4) is 0 Å². The Morgan fingerprint density at radius 3 is 2.39 bits per heavy atom. The number of hydrogen-bond donors (Lipinski definition) is 0. The van der Waals surface area contributed by atoms with E-state index in [1.54, 1.807) is 6.07 Å². The number of benzene rings is 1. The average molecular weight is 262 g/mol. The van der Waals surface area contributed by atoms with Crippen LogP contribution in [0, 0.1) is 0 Å². The van der Waals surface area contributed by atoms with Crippen molar-refractivity contribution in [3.8, 4) is 0 Å². The van der Waals surface area contributed by atoms with Crippen LogP contribution in [0.4, 0.5) is 0 Å². The van der Waals surface area contributed by atoms with E-state index in [9.17, 15) is 13.0 Å². The van der Waals surface area contributed by atoms with Crippen LogP contribution >= 0.6 is 0 Å². The minimum Gasteiger partial charge on any atom is -0.744 e. The van der Waals surface area contributed by atoms with Gasteiger partial charge in [0.25, 0.3) is 0 Å². The van der Waals surface area contributed by atoms with Crippen LogP contribution in [0.1, 0.15) is 44.6 Å². The molecule has 0 radical (unpaired) electrons. The molecule has 0 saturated carbocycles. The second-order valence-corrected chi connectivity index (χ2v) is 5.65. The molecule has 0 N–H and O–H groups in total. The Morgan fingerprint density at radius 2 is 1.78 bits per heavy atom. The Balaban J connectivity index is 0.00000289. The maximum absolute atomic E-state index is 10.8. The molecule has 0 aliphatic carbocycles. The molecule has 0 atom stereocenters. The summed E-state index contributed by atoms with van der Waals surface area (Å²) in [6.45, 7) is 2.17. The quantitative estimate of drug-likeness (QED) is 0.398. The summed E-state index contributed by atoms with van der Waals surface area (Å²) in [6, 6.07) is 6.34. The molecule has 18 heavy (non-hydrogen) atoms. The molecule has 0 aromatic heterocycles. The molecule has 0 aliphatic heterocycles. The minimum absolute atomic E-state index is 0. The van der Waals surface area contributed by atoms with Gasteiger partial charge < -0.3 is 4.55 Å². The van der Waals surface area contributed by atoms with Gasteiger partial charge in [0.15, 0.2) is 0 Å². The smallest absolute Gasteiger partial charge is 0.744 e. The van der Waals surface area contributed by atoms with Crippen LogP contribution in [0.25, 0.3) is 0 Å². The van der Waals surface area contributed by atoms with Crippen molar-refractivity contribution in [2.24, 2.45) is 0 Å². The second kappa shape index (κ2) is 8.76. The summed E-state index contributed by atoms with van der Waals surface area (Å²) < 4.78 is 32.5. The van der Waals surface area contributed by atoms with E-state index >= 15 is 0 Å². The molecule has 1 aromatic rings. The molecule has 0 fully saturated rings. The van der Waals surface area contributed by atoms with Gasteiger partial charge in [-0.05, 0) is 30.5 Å². The second-order valence-electron chi connectivity index (χ2n) is 4.27. The molecule has 0 saturated heterocycles. The Labute approximate surface area is 122 Å². The van der Waals surface area contributed by atoms with Gasteiger partial charge in [0.2, 0.25) is 0 Å². The number of aryl methyl sites for hydroxylation is 1. The Hall–Kier alpha value is -0.273. The summed E-state index contributed by atoms with van der Waals surface area (Å²) in [7, 11) is -4.31. The van der Waals surface area contributed by atoms with E-state index in [-0.39, 0.29) is 23.8 Å². The topological polar surface area (TPSA) is 57.2 Å². The van der Waals surface area contributed by atoms with Gasteiger partial charge in [-0.2, -0.15) is 0 Å². The predicted molar refractivity (Wildman–Crippen MR) is 66.9 cm³/mol. The van der Waals surface area contributed by atoms with Gasteiger partial charge in [-0.25, -0.2) is 8.42 Å². The first kappa shape index (κ1) is 17.7. The van der Waals surface area contributed by atoms with Crippen LogP contribution in [0.2, 0.25) is 0 Å². The largest absolute Gasteiger partial charge is 1.00 e. The first-order valence-electron chi connectivity index (χ1n) is 6.09. The van der Waals surface area contributed by atoms with E-state index in [1.165, 1.54) is 31.4 Å². The van der Waals surface area contributed by atoms with Crippen molar-refractivity contribution in [1.82, 2.24) is 0 Å². The molecule has 0 bridgehead atoms. The third-order valence-electron chi connectivity index (χ3n) is 2.76. The summed E-state index contributed by atoms with van der Waals surface area (Å²) in [5.41, 5.74) is 0.929. The molecule has 96 valence electrons. The van der Waals surface area contributed by atoms with E-state index < -0.39 is 10.1 Å². The van der Waals surface area contributed by atoms with Gasteiger partial charge in [0, 0.05) is 0 Å². The standard InChI is InChI=1S/C13H20O3S.Li/c1-2-3-4-5-6-8-12-9-7-10-13(11-12)17(14,15)16;/h7,9-11H,2-6,8H2,1H3,(H,14,15,16);/q;+1/p-1. The van der Waals surface area contributed by atoms with Gasteiger partial charge in [0.1, 0.15) is 10.1 Å². The van der Waals surface area contributed by atoms with Gasteiger partial charge >= 0.3 is 18.9 Å². The molecule has 0 heterocycles. The fraction of sp³-hybridized carbons (Fsp3) is 0.538. The van der Waals surface area contributed by atoms with Crippen molar-refractivity contribution in [3.05, 3.63) is 29.8 Å². The molecule has 3 nitrogen and oxygen atoms in total. The fourth-order valence-corrected chi connectivity index (χ4v) is 2.33. The Morgan fingerprint density at radius 1 is 1.11 bits per heavy atom. The van der Waals surface area contributed by atoms with Gasteiger partial charge in [-0.1, -0.05) is 44.7 Å². The summed E-state index contributed by atoms with van der Waals surface area (Å²) in [4.78, 5) is -0.122.